The van der Waals surface area contributed by atoms with E-state index in [4.69, 9.17) is 11.6 Å². The molecule has 0 aliphatic heterocycles. The van der Waals surface area contributed by atoms with Gasteiger partial charge in [-0.25, -0.2) is 4.98 Å². The summed E-state index contributed by atoms with van der Waals surface area (Å²) < 4.78 is 0. The van der Waals surface area contributed by atoms with Crippen LogP contribution in [0.3, 0.4) is 0 Å². The van der Waals surface area contributed by atoms with Crippen molar-refractivity contribution in [3.8, 4) is 0 Å². The van der Waals surface area contributed by atoms with E-state index >= 15 is 0 Å². The van der Waals surface area contributed by atoms with Crippen LogP contribution in [0.15, 0.2) is 24.3 Å². The predicted molar refractivity (Wildman–Crippen MR) is 83.9 cm³/mol. The van der Waals surface area contributed by atoms with Crippen LogP contribution in [0.1, 0.15) is 20.9 Å². The Labute approximate surface area is 127 Å². The number of anilines is 1. The minimum absolute atomic E-state index is 0.0736. The standard InChI is InChI=1S/C14H16ClN3OS/c1-9-12(20-14(16-2)18-9)13(19)17-8-7-10-3-5-11(15)6-4-10/h3-6H,7-8H2,1-2H3,(H,16,18)(H,17,19). The van der Waals surface area contributed by atoms with Gasteiger partial charge in [0.1, 0.15) is 4.88 Å². The van der Waals surface area contributed by atoms with Gasteiger partial charge in [0, 0.05) is 18.6 Å². The van der Waals surface area contributed by atoms with Gasteiger partial charge in [0.15, 0.2) is 5.13 Å². The molecule has 1 aromatic heterocycles. The van der Waals surface area contributed by atoms with Gasteiger partial charge in [-0.15, -0.1) is 0 Å². The molecule has 0 unspecified atom stereocenters. The summed E-state index contributed by atoms with van der Waals surface area (Å²) in [4.78, 5) is 17.0. The summed E-state index contributed by atoms with van der Waals surface area (Å²) in [6.07, 6.45) is 0.777. The quantitative estimate of drug-likeness (QED) is 0.892. The van der Waals surface area contributed by atoms with Crippen molar-refractivity contribution in [2.45, 2.75) is 13.3 Å². The normalized spacial score (nSPS) is 10.3. The molecule has 4 nitrogen and oxygen atoms in total. The lowest BCUT2D eigenvalue weighted by atomic mass is 10.1. The lowest BCUT2D eigenvalue weighted by Crippen LogP contribution is -2.25. The van der Waals surface area contributed by atoms with Gasteiger partial charge in [0.05, 0.1) is 5.69 Å². The van der Waals surface area contributed by atoms with Crippen LogP contribution in [0.5, 0.6) is 0 Å². The molecule has 1 aromatic carbocycles. The third kappa shape index (κ3) is 3.71. The van der Waals surface area contributed by atoms with E-state index < -0.39 is 0 Å². The number of nitrogens with one attached hydrogen (secondary N) is 2. The lowest BCUT2D eigenvalue weighted by molar-refractivity contribution is 0.0957. The maximum atomic E-state index is 12.0. The summed E-state index contributed by atoms with van der Waals surface area (Å²) >= 11 is 7.19. The maximum absolute atomic E-state index is 12.0. The molecule has 2 N–H and O–H groups in total. The summed E-state index contributed by atoms with van der Waals surface area (Å²) in [6, 6.07) is 7.63. The van der Waals surface area contributed by atoms with E-state index in [1.165, 1.54) is 11.3 Å². The van der Waals surface area contributed by atoms with Crippen molar-refractivity contribution >= 4 is 34.0 Å². The Balaban J connectivity index is 1.88. The minimum Gasteiger partial charge on any atom is -0.365 e. The Morgan fingerprint density at radius 1 is 1.35 bits per heavy atom. The van der Waals surface area contributed by atoms with Crippen molar-refractivity contribution in [3.05, 3.63) is 45.4 Å². The smallest absolute Gasteiger partial charge is 0.263 e. The molecule has 0 saturated heterocycles. The first-order chi connectivity index (χ1) is 9.60. The number of carbonyl (C=O) groups excluding carboxylic acids is 1. The van der Waals surface area contributed by atoms with E-state index in [0.29, 0.717) is 11.4 Å². The second kappa shape index (κ2) is 6.72. The fourth-order valence-corrected chi connectivity index (χ4v) is 2.73. The number of hydrogen-bond acceptors (Lipinski definition) is 4. The largest absolute Gasteiger partial charge is 0.365 e. The first-order valence-corrected chi connectivity index (χ1v) is 7.47. The van der Waals surface area contributed by atoms with Crippen molar-refractivity contribution in [2.75, 3.05) is 18.9 Å². The zero-order valence-electron chi connectivity index (χ0n) is 11.4. The number of benzene rings is 1. The van der Waals surface area contributed by atoms with Gasteiger partial charge in [-0.05, 0) is 31.0 Å². The van der Waals surface area contributed by atoms with Crippen LogP contribution < -0.4 is 10.6 Å². The molecule has 0 aliphatic rings. The van der Waals surface area contributed by atoms with Crippen LogP contribution in [-0.2, 0) is 6.42 Å². The summed E-state index contributed by atoms with van der Waals surface area (Å²) in [6.45, 7) is 2.43. The average Bonchev–Trinajstić information content (AvgIpc) is 2.82. The molecule has 0 atom stereocenters. The molecule has 2 aromatic rings. The zero-order chi connectivity index (χ0) is 14.5. The molecule has 0 spiro atoms. The number of rotatable bonds is 5. The molecule has 0 bridgehead atoms. The van der Waals surface area contributed by atoms with Gasteiger partial charge in [0.25, 0.3) is 5.91 Å². The van der Waals surface area contributed by atoms with Crippen LogP contribution in [0, 0.1) is 6.92 Å². The highest BCUT2D eigenvalue weighted by molar-refractivity contribution is 7.17. The lowest BCUT2D eigenvalue weighted by Gasteiger charge is -2.04. The molecule has 6 heteroatoms. The fourth-order valence-electron chi connectivity index (χ4n) is 1.77. The van der Waals surface area contributed by atoms with Gasteiger partial charge in [-0.1, -0.05) is 35.1 Å². The van der Waals surface area contributed by atoms with Gasteiger partial charge in [-0.2, -0.15) is 0 Å². The van der Waals surface area contributed by atoms with E-state index in [1.807, 2.05) is 31.2 Å². The Morgan fingerprint density at radius 2 is 2.05 bits per heavy atom. The van der Waals surface area contributed by atoms with Gasteiger partial charge in [0.2, 0.25) is 0 Å². The molecule has 1 heterocycles. The number of aryl methyl sites for hydroxylation is 1. The summed E-state index contributed by atoms with van der Waals surface area (Å²) in [5, 5.41) is 7.33. The average molecular weight is 310 g/mol. The topological polar surface area (TPSA) is 54.0 Å². The number of nitrogens with zero attached hydrogens (tertiary/aromatic N) is 1. The second-order valence-corrected chi connectivity index (χ2v) is 5.75. The van der Waals surface area contributed by atoms with Crippen molar-refractivity contribution in [1.82, 2.24) is 10.3 Å². The van der Waals surface area contributed by atoms with Gasteiger partial charge >= 0.3 is 0 Å². The SMILES string of the molecule is CNc1nc(C)c(C(=O)NCCc2ccc(Cl)cc2)s1. The Hall–Kier alpha value is -1.59. The van der Waals surface area contributed by atoms with E-state index in [1.54, 1.807) is 7.05 Å². The predicted octanol–water partition coefficient (Wildman–Crippen LogP) is 3.12. The number of carbonyl (C=O) groups is 1. The second-order valence-electron chi connectivity index (χ2n) is 4.32. The highest BCUT2D eigenvalue weighted by Gasteiger charge is 2.14. The third-order valence-corrected chi connectivity index (χ3v) is 4.25. The van der Waals surface area contributed by atoms with Crippen molar-refractivity contribution in [2.24, 2.45) is 0 Å². The maximum Gasteiger partial charge on any atom is 0.263 e. The molecule has 0 saturated carbocycles. The highest BCUT2D eigenvalue weighted by atomic mass is 35.5. The number of thiazole rings is 1. The number of hydrogen-bond donors (Lipinski definition) is 2. The Bertz CT molecular complexity index is 595. The molecular formula is C14H16ClN3OS. The first-order valence-electron chi connectivity index (χ1n) is 6.28. The van der Waals surface area contributed by atoms with Crippen molar-refractivity contribution in [1.29, 1.82) is 0 Å². The van der Waals surface area contributed by atoms with E-state index in [2.05, 4.69) is 15.6 Å². The third-order valence-electron chi connectivity index (χ3n) is 2.83. The van der Waals surface area contributed by atoms with Gasteiger partial charge in [-0.3, -0.25) is 4.79 Å². The Morgan fingerprint density at radius 3 is 2.65 bits per heavy atom. The van der Waals surface area contributed by atoms with Crippen molar-refractivity contribution in [3.63, 3.8) is 0 Å². The molecule has 1 amide bonds. The first kappa shape index (κ1) is 14.8. The van der Waals surface area contributed by atoms with Gasteiger partial charge < -0.3 is 10.6 Å². The highest BCUT2D eigenvalue weighted by Crippen LogP contribution is 2.21. The van der Waals surface area contributed by atoms with Crippen LogP contribution in [-0.4, -0.2) is 24.5 Å². The summed E-state index contributed by atoms with van der Waals surface area (Å²) in [5.41, 5.74) is 1.90. The van der Waals surface area contributed by atoms with E-state index in [-0.39, 0.29) is 5.91 Å². The van der Waals surface area contributed by atoms with Crippen LogP contribution in [0.25, 0.3) is 0 Å². The molecule has 106 valence electrons. The summed E-state index contributed by atoms with van der Waals surface area (Å²) in [5.74, 6) is -0.0736. The number of amides is 1. The Kier molecular flexibility index (Phi) is 4.98. The number of halogens is 1. The van der Waals surface area contributed by atoms with Crippen molar-refractivity contribution < 1.29 is 4.79 Å². The monoisotopic (exact) mass is 309 g/mol. The molecule has 0 fully saturated rings. The minimum atomic E-state index is -0.0736. The molecule has 0 radical (unpaired) electrons. The van der Waals surface area contributed by atoms with Crippen LogP contribution in [0.2, 0.25) is 5.02 Å². The molecule has 2 rings (SSSR count). The van der Waals surface area contributed by atoms with E-state index in [0.717, 1.165) is 27.8 Å². The zero-order valence-corrected chi connectivity index (χ0v) is 12.9. The molecule has 0 aliphatic carbocycles. The fraction of sp³-hybridized carbons (Fsp3) is 0.286. The van der Waals surface area contributed by atoms with Crippen LogP contribution >= 0.6 is 22.9 Å². The number of aromatic nitrogens is 1. The molecule has 20 heavy (non-hydrogen) atoms. The molecular weight excluding hydrogens is 294 g/mol. The van der Waals surface area contributed by atoms with E-state index in [9.17, 15) is 4.79 Å². The van der Waals surface area contributed by atoms with Crippen LogP contribution in [0.4, 0.5) is 5.13 Å². The summed E-state index contributed by atoms with van der Waals surface area (Å²) in [7, 11) is 1.79.